The Morgan fingerprint density at radius 2 is 1.82 bits per heavy atom. The first-order valence-corrected chi connectivity index (χ1v) is 22.3. The molecule has 1 aromatic heterocycles. The predicted molar refractivity (Wildman–Crippen MR) is 236 cm³/mol. The van der Waals surface area contributed by atoms with Crippen LogP contribution < -0.4 is 10.6 Å². The SMILES string of the molecule is CC[C@H]1OC(=O)[C@H](C)C(=O)[C@H](I)[C@@H](O[C@@H]2O[C@H](C)C[C@H](N(C)C)[C@H]2O)[C@](C)(OC(=O)NC/C=C/c2ccc(-c3cccnn3)cc2)C[C@@H](C)C(=O)[C@H](C)[C@H]2N[C@H](S)O[C@@]21C. The van der Waals surface area contributed by atoms with E-state index in [4.69, 9.17) is 23.7 Å². The van der Waals surface area contributed by atoms with Crippen molar-refractivity contribution in [3.63, 3.8) is 0 Å². The number of carbonyl (C=O) groups excluding carboxylic acids is 4. The second-order valence-electron chi connectivity index (χ2n) is 16.8. The van der Waals surface area contributed by atoms with Crippen molar-refractivity contribution in [2.75, 3.05) is 20.6 Å². The van der Waals surface area contributed by atoms with E-state index in [2.05, 4.69) is 33.5 Å². The standard InChI is InChI=1S/C43H60IN5O10S/c1-10-31-43(7)36(47-41(60)59-43)25(4)33(50)23(2)22-42(6,58-40(54)45-19-11-13-27-15-17-28(18-16-27)29-14-12-20-46-48-29)37(32(44)34(51)26(5)38(53)56-31)57-39-35(52)30(49(8)9)21-24(3)55-39/h11-18,20,23-26,30-32,35-37,39,41,47,52,60H,10,19,21-22H2,1-9H3,(H,45,54)/b13-11+/t23-,24-,25+,26-,30+,31-,32+,35-,36-,37-,39+,41+,42-,43-/m1/s1. The van der Waals surface area contributed by atoms with Crippen LogP contribution in [0.4, 0.5) is 4.79 Å². The number of ether oxygens (including phenoxy) is 5. The van der Waals surface area contributed by atoms with Gasteiger partial charge in [0.2, 0.25) is 0 Å². The van der Waals surface area contributed by atoms with Gasteiger partial charge in [0.25, 0.3) is 0 Å². The molecule has 0 radical (unpaired) electrons. The predicted octanol–water partition coefficient (Wildman–Crippen LogP) is 4.99. The van der Waals surface area contributed by atoms with Crippen LogP contribution in [0.15, 0.2) is 48.7 Å². The van der Waals surface area contributed by atoms with E-state index < -0.39 is 86.9 Å². The number of carbonyl (C=O) groups is 4. The van der Waals surface area contributed by atoms with Crippen molar-refractivity contribution in [3.05, 3.63) is 54.2 Å². The van der Waals surface area contributed by atoms with Gasteiger partial charge in [-0.3, -0.25) is 19.7 Å². The molecule has 3 N–H and O–H groups in total. The van der Waals surface area contributed by atoms with Crippen LogP contribution in [0.1, 0.15) is 73.3 Å². The summed E-state index contributed by atoms with van der Waals surface area (Å²) in [7, 11) is 3.68. The highest BCUT2D eigenvalue weighted by Gasteiger charge is 2.57. The van der Waals surface area contributed by atoms with Gasteiger partial charge in [-0.1, -0.05) is 79.8 Å². The average Bonchev–Trinajstić information content (AvgIpc) is 3.53. The van der Waals surface area contributed by atoms with E-state index in [0.29, 0.717) is 12.8 Å². The molecule has 4 heterocycles. The molecular formula is C43H60IN5O10S. The number of hydrogen-bond acceptors (Lipinski definition) is 15. The summed E-state index contributed by atoms with van der Waals surface area (Å²) >= 11 is 6.42. The van der Waals surface area contributed by atoms with Crippen LogP contribution in [0, 0.1) is 17.8 Å². The number of hydrogen-bond donors (Lipinski definition) is 4. The average molecular weight is 966 g/mol. The lowest BCUT2D eigenvalue weighted by molar-refractivity contribution is -0.285. The van der Waals surface area contributed by atoms with Crippen LogP contribution in [0.2, 0.25) is 0 Å². The summed E-state index contributed by atoms with van der Waals surface area (Å²) in [6.45, 7) is 12.1. The monoisotopic (exact) mass is 965 g/mol. The number of alkyl halides is 1. The molecule has 3 saturated heterocycles. The van der Waals surface area contributed by atoms with E-state index in [-0.39, 0.29) is 30.9 Å². The first-order chi connectivity index (χ1) is 28.3. The minimum Gasteiger partial charge on any atom is -0.459 e. The summed E-state index contributed by atoms with van der Waals surface area (Å²) in [6.07, 6.45) is 0.238. The fraction of sp³-hybridized carbons (Fsp3) is 0.628. The zero-order valence-electron chi connectivity index (χ0n) is 35.7. The normalized spacial score (nSPS) is 37.0. The minimum absolute atomic E-state index is 0.0786. The third kappa shape index (κ3) is 10.9. The van der Waals surface area contributed by atoms with Gasteiger partial charge in [-0.25, -0.2) is 4.79 Å². The fourth-order valence-corrected chi connectivity index (χ4v) is 10.5. The smallest absolute Gasteiger partial charge is 0.408 e. The van der Waals surface area contributed by atoms with E-state index in [1.165, 1.54) is 6.92 Å². The summed E-state index contributed by atoms with van der Waals surface area (Å²) in [5, 5.41) is 25.7. The lowest BCUT2D eigenvalue weighted by atomic mass is 9.75. The third-order valence-corrected chi connectivity index (χ3v) is 13.5. The largest absolute Gasteiger partial charge is 0.459 e. The van der Waals surface area contributed by atoms with Crippen molar-refractivity contribution in [2.24, 2.45) is 17.8 Å². The van der Waals surface area contributed by atoms with Gasteiger partial charge in [-0.2, -0.15) is 10.2 Å². The Morgan fingerprint density at radius 1 is 1.12 bits per heavy atom. The van der Waals surface area contributed by atoms with Crippen molar-refractivity contribution in [3.8, 4) is 11.3 Å². The molecule has 0 bridgehead atoms. The highest BCUT2D eigenvalue weighted by atomic mass is 127. The molecule has 3 aliphatic heterocycles. The van der Waals surface area contributed by atoms with E-state index in [1.807, 2.05) is 97.9 Å². The van der Waals surface area contributed by atoms with Crippen molar-refractivity contribution in [1.29, 1.82) is 0 Å². The Balaban J connectivity index is 1.48. The number of nitrogens with zero attached hydrogens (tertiary/aromatic N) is 3. The van der Waals surface area contributed by atoms with Gasteiger partial charge in [0, 0.05) is 36.2 Å². The number of halogens is 1. The summed E-state index contributed by atoms with van der Waals surface area (Å²) in [5.74, 6) is -4.26. The lowest BCUT2D eigenvalue weighted by Crippen LogP contribution is -2.61. The van der Waals surface area contributed by atoms with Crippen LogP contribution in [0.5, 0.6) is 0 Å². The number of Topliss-reactive ketones (excluding diaryl/α,β-unsaturated/α-hetero) is 2. The van der Waals surface area contributed by atoms with Crippen LogP contribution in [-0.4, -0.2) is 128 Å². The van der Waals surface area contributed by atoms with Crippen LogP contribution in [-0.2, 0) is 38.1 Å². The topological polar surface area (TPSA) is 188 Å². The summed E-state index contributed by atoms with van der Waals surface area (Å²) in [6, 6.07) is 10.4. The van der Waals surface area contributed by atoms with Crippen molar-refractivity contribution >= 4 is 64.9 Å². The summed E-state index contributed by atoms with van der Waals surface area (Å²) in [5.41, 5.74) is -1.09. The van der Waals surface area contributed by atoms with Gasteiger partial charge in [-0.05, 0) is 78.7 Å². The van der Waals surface area contributed by atoms with E-state index >= 15 is 0 Å². The Labute approximate surface area is 372 Å². The van der Waals surface area contributed by atoms with Crippen molar-refractivity contribution in [1.82, 2.24) is 25.7 Å². The molecule has 1 aromatic carbocycles. The molecular weight excluding hydrogens is 905 g/mol. The maximum absolute atomic E-state index is 14.5. The molecule has 0 saturated carbocycles. The number of alkyl carbamates (subject to hydrolysis) is 1. The molecule has 0 spiro atoms. The molecule has 3 fully saturated rings. The Bertz CT molecular complexity index is 1840. The zero-order chi connectivity index (χ0) is 44.1. The molecule has 60 heavy (non-hydrogen) atoms. The number of thiol groups is 1. The Kier molecular flexibility index (Phi) is 16.3. The number of fused-ring (bicyclic) bond motifs is 1. The number of amides is 1. The fourth-order valence-electron chi connectivity index (χ4n) is 8.60. The second-order valence-corrected chi connectivity index (χ2v) is 18.6. The zero-order valence-corrected chi connectivity index (χ0v) is 38.8. The Hall–Kier alpha value is -3.04. The van der Waals surface area contributed by atoms with Crippen molar-refractivity contribution < 1.29 is 48.0 Å². The number of cyclic esters (lactones) is 1. The minimum atomic E-state index is -1.70. The molecule has 1 amide bonds. The number of rotatable bonds is 9. The van der Waals surface area contributed by atoms with Crippen molar-refractivity contribution in [2.45, 2.75) is 131 Å². The number of benzene rings is 1. The maximum Gasteiger partial charge on any atom is 0.408 e. The number of nitrogens with one attached hydrogen (secondary N) is 2. The first-order valence-electron chi connectivity index (χ1n) is 20.5. The van der Waals surface area contributed by atoms with Gasteiger partial charge in [0.05, 0.1) is 17.8 Å². The number of aromatic nitrogens is 2. The Morgan fingerprint density at radius 3 is 2.45 bits per heavy atom. The summed E-state index contributed by atoms with van der Waals surface area (Å²) < 4.78 is 30.2. The molecule has 330 valence electrons. The van der Waals surface area contributed by atoms with Gasteiger partial charge in [0.15, 0.2) is 17.6 Å². The van der Waals surface area contributed by atoms with Crippen LogP contribution >= 0.6 is 35.2 Å². The molecule has 2 aromatic rings. The molecule has 0 unspecified atom stereocenters. The molecule has 14 atom stereocenters. The molecule has 15 nitrogen and oxygen atoms in total. The maximum atomic E-state index is 14.5. The quantitative estimate of drug-likeness (QED) is 0.0866. The van der Waals surface area contributed by atoms with Gasteiger partial charge in [0.1, 0.15) is 45.1 Å². The van der Waals surface area contributed by atoms with E-state index in [9.17, 15) is 24.3 Å². The van der Waals surface area contributed by atoms with Crippen LogP contribution in [0.25, 0.3) is 17.3 Å². The number of aliphatic hydroxyl groups is 1. The molecule has 17 heteroatoms. The second kappa shape index (κ2) is 20.4. The highest BCUT2D eigenvalue weighted by molar-refractivity contribution is 14.1. The first kappa shape index (κ1) is 48.0. The van der Waals surface area contributed by atoms with Crippen LogP contribution in [0.3, 0.4) is 0 Å². The number of aliphatic hydroxyl groups excluding tert-OH is 1. The summed E-state index contributed by atoms with van der Waals surface area (Å²) in [4.78, 5) is 58.6. The van der Waals surface area contributed by atoms with E-state index in [1.54, 1.807) is 40.0 Å². The number of esters is 1. The van der Waals surface area contributed by atoms with E-state index in [0.717, 1.165) is 16.8 Å². The highest BCUT2D eigenvalue weighted by Crippen LogP contribution is 2.41. The van der Waals surface area contributed by atoms with Gasteiger partial charge >= 0.3 is 12.1 Å². The van der Waals surface area contributed by atoms with Gasteiger partial charge < -0.3 is 39.0 Å². The molecule has 3 aliphatic rings. The lowest BCUT2D eigenvalue weighted by Gasteiger charge is -2.46. The number of likely N-dealkylation sites (N-methyl/N-ethyl adjacent to an activating group) is 1. The molecule has 5 rings (SSSR count). The number of ketones is 2. The van der Waals surface area contributed by atoms with Gasteiger partial charge in [-0.15, -0.1) is 12.6 Å². The third-order valence-electron chi connectivity index (χ3n) is 12.0. The molecule has 0 aliphatic carbocycles.